The van der Waals surface area contributed by atoms with E-state index in [1.807, 2.05) is 62.4 Å². The molecular formula is C22H22N2O3S. The molecule has 0 radical (unpaired) electrons. The first kappa shape index (κ1) is 19.8. The summed E-state index contributed by atoms with van der Waals surface area (Å²) in [5.74, 6) is -0.896. The van der Waals surface area contributed by atoms with E-state index in [0.29, 0.717) is 5.01 Å². The minimum atomic E-state index is -0.571. The van der Waals surface area contributed by atoms with Gasteiger partial charge in [0.15, 0.2) is 6.61 Å². The highest BCUT2D eigenvalue weighted by Crippen LogP contribution is 2.22. The normalized spacial score (nSPS) is 12.2. The predicted molar refractivity (Wildman–Crippen MR) is 112 cm³/mol. The number of rotatable bonds is 7. The number of carbonyl (C=O) groups excluding carboxylic acids is 2. The van der Waals surface area contributed by atoms with Gasteiger partial charge in [0.2, 0.25) is 0 Å². The Labute approximate surface area is 168 Å². The first-order valence-corrected chi connectivity index (χ1v) is 9.93. The molecule has 0 saturated carbocycles. The summed E-state index contributed by atoms with van der Waals surface area (Å²) < 4.78 is 6.09. The Hall–Kier alpha value is -2.99. The number of hydrogen-bond donors (Lipinski definition) is 1. The van der Waals surface area contributed by atoms with Crippen molar-refractivity contribution in [3.8, 4) is 0 Å². The highest BCUT2D eigenvalue weighted by atomic mass is 32.1. The first-order chi connectivity index (χ1) is 13.5. The molecule has 2 aromatic carbocycles. The molecule has 0 aliphatic rings. The second kappa shape index (κ2) is 9.28. The van der Waals surface area contributed by atoms with Crippen LogP contribution in [0.4, 0.5) is 0 Å². The molecule has 3 aromatic rings. The number of hydrogen-bond acceptors (Lipinski definition) is 5. The third-order valence-electron chi connectivity index (χ3n) is 4.24. The Morgan fingerprint density at radius 1 is 1.18 bits per heavy atom. The molecule has 0 fully saturated rings. The van der Waals surface area contributed by atoms with Gasteiger partial charge in [0.1, 0.15) is 5.01 Å². The lowest BCUT2D eigenvalue weighted by atomic mass is 10.0. The van der Waals surface area contributed by atoms with Gasteiger partial charge in [-0.25, -0.2) is 9.78 Å². The quantitative estimate of drug-likeness (QED) is 0.475. The highest BCUT2D eigenvalue weighted by molar-refractivity contribution is 7.19. The van der Waals surface area contributed by atoms with Crippen molar-refractivity contribution in [3.05, 3.63) is 70.7 Å². The lowest BCUT2D eigenvalue weighted by molar-refractivity contribution is -0.144. The molecule has 0 bridgehead atoms. The van der Waals surface area contributed by atoms with Gasteiger partial charge in [-0.3, -0.25) is 4.79 Å². The molecule has 0 aliphatic carbocycles. The van der Waals surface area contributed by atoms with E-state index in [-0.39, 0.29) is 18.6 Å². The van der Waals surface area contributed by atoms with Crippen LogP contribution in [0.2, 0.25) is 0 Å². The molecule has 3 rings (SSSR count). The average Bonchev–Trinajstić information content (AvgIpc) is 3.12. The lowest BCUT2D eigenvalue weighted by Gasteiger charge is -2.17. The van der Waals surface area contributed by atoms with Crippen LogP contribution < -0.4 is 5.32 Å². The van der Waals surface area contributed by atoms with Crippen LogP contribution in [0, 0.1) is 6.92 Å². The van der Waals surface area contributed by atoms with Crippen molar-refractivity contribution in [1.82, 2.24) is 10.3 Å². The molecule has 0 unspecified atom stereocenters. The molecule has 0 saturated heterocycles. The SMILES string of the molecule is CC[C@H](NC(=O)COC(=O)/C=C/c1nc2ccccc2s1)c1ccc(C)cc1. The highest BCUT2D eigenvalue weighted by Gasteiger charge is 2.13. The third kappa shape index (κ3) is 5.27. The molecule has 5 nitrogen and oxygen atoms in total. The number of nitrogens with zero attached hydrogens (tertiary/aromatic N) is 1. The summed E-state index contributed by atoms with van der Waals surface area (Å²) in [6.45, 7) is 3.70. The van der Waals surface area contributed by atoms with Crippen LogP contribution >= 0.6 is 11.3 Å². The number of ether oxygens (including phenoxy) is 1. The number of benzene rings is 2. The summed E-state index contributed by atoms with van der Waals surface area (Å²) in [5, 5.41) is 3.61. The minimum absolute atomic E-state index is 0.106. The Morgan fingerprint density at radius 2 is 1.93 bits per heavy atom. The van der Waals surface area contributed by atoms with Gasteiger partial charge in [-0.1, -0.05) is 48.9 Å². The second-order valence-electron chi connectivity index (χ2n) is 6.40. The molecule has 1 atom stereocenters. The monoisotopic (exact) mass is 394 g/mol. The number of aryl methyl sites for hydroxylation is 1. The fraction of sp³-hybridized carbons (Fsp3) is 0.227. The van der Waals surface area contributed by atoms with Crippen LogP contribution in [0.5, 0.6) is 0 Å². The fourth-order valence-corrected chi connectivity index (χ4v) is 3.61. The molecule has 28 heavy (non-hydrogen) atoms. The van der Waals surface area contributed by atoms with E-state index in [9.17, 15) is 9.59 Å². The van der Waals surface area contributed by atoms with Gasteiger partial charge in [-0.05, 0) is 37.1 Å². The van der Waals surface area contributed by atoms with Gasteiger partial charge in [-0.15, -0.1) is 11.3 Å². The minimum Gasteiger partial charge on any atom is -0.452 e. The maximum atomic E-state index is 12.1. The molecule has 144 valence electrons. The number of carbonyl (C=O) groups is 2. The van der Waals surface area contributed by atoms with Crippen LogP contribution in [-0.2, 0) is 14.3 Å². The van der Waals surface area contributed by atoms with Gasteiger partial charge in [-0.2, -0.15) is 0 Å². The lowest BCUT2D eigenvalue weighted by Crippen LogP contribution is -2.32. The van der Waals surface area contributed by atoms with Gasteiger partial charge in [0.05, 0.1) is 16.3 Å². The second-order valence-corrected chi connectivity index (χ2v) is 7.46. The summed E-state index contributed by atoms with van der Waals surface area (Å²) in [6.07, 6.45) is 3.65. The maximum absolute atomic E-state index is 12.1. The Morgan fingerprint density at radius 3 is 2.64 bits per heavy atom. The van der Waals surface area contributed by atoms with Crippen LogP contribution in [0.15, 0.2) is 54.6 Å². The van der Waals surface area contributed by atoms with Crippen molar-refractivity contribution in [2.75, 3.05) is 6.61 Å². The predicted octanol–water partition coefficient (Wildman–Crippen LogP) is 4.43. The van der Waals surface area contributed by atoms with Crippen molar-refractivity contribution in [2.45, 2.75) is 26.3 Å². The van der Waals surface area contributed by atoms with Crippen LogP contribution in [0.1, 0.15) is 35.5 Å². The van der Waals surface area contributed by atoms with E-state index in [1.54, 1.807) is 6.08 Å². The maximum Gasteiger partial charge on any atom is 0.331 e. The number of para-hydroxylation sites is 1. The topological polar surface area (TPSA) is 68.3 Å². The number of amides is 1. The molecular weight excluding hydrogens is 372 g/mol. The third-order valence-corrected chi connectivity index (χ3v) is 5.24. The number of esters is 1. The van der Waals surface area contributed by atoms with Gasteiger partial charge in [0.25, 0.3) is 5.91 Å². The van der Waals surface area contributed by atoms with Gasteiger partial charge < -0.3 is 10.1 Å². The molecule has 1 heterocycles. The van der Waals surface area contributed by atoms with Crippen LogP contribution in [0.3, 0.4) is 0 Å². The Balaban J connectivity index is 1.50. The summed E-state index contributed by atoms with van der Waals surface area (Å²) in [6, 6.07) is 15.7. The summed E-state index contributed by atoms with van der Waals surface area (Å²) in [7, 11) is 0. The van der Waals surface area contributed by atoms with Crippen molar-refractivity contribution < 1.29 is 14.3 Å². The molecule has 6 heteroatoms. The van der Waals surface area contributed by atoms with E-state index in [1.165, 1.54) is 23.0 Å². The van der Waals surface area contributed by atoms with E-state index in [0.717, 1.165) is 22.2 Å². The van der Waals surface area contributed by atoms with E-state index in [4.69, 9.17) is 4.74 Å². The van der Waals surface area contributed by atoms with E-state index in [2.05, 4.69) is 10.3 Å². The van der Waals surface area contributed by atoms with Crippen molar-refractivity contribution in [1.29, 1.82) is 0 Å². The zero-order valence-electron chi connectivity index (χ0n) is 15.8. The summed E-state index contributed by atoms with van der Waals surface area (Å²) >= 11 is 1.49. The molecule has 0 aliphatic heterocycles. The van der Waals surface area contributed by atoms with Crippen molar-refractivity contribution in [2.24, 2.45) is 0 Å². The average molecular weight is 394 g/mol. The van der Waals surface area contributed by atoms with Crippen molar-refractivity contribution in [3.63, 3.8) is 0 Å². The number of fused-ring (bicyclic) bond motifs is 1. The number of nitrogens with one attached hydrogen (secondary N) is 1. The largest absolute Gasteiger partial charge is 0.452 e. The zero-order valence-corrected chi connectivity index (χ0v) is 16.7. The first-order valence-electron chi connectivity index (χ1n) is 9.11. The number of thiazole rings is 1. The molecule has 0 spiro atoms. The van der Waals surface area contributed by atoms with E-state index >= 15 is 0 Å². The standard InChI is InChI=1S/C22H22N2O3S/c1-3-17(16-10-8-15(2)9-11-16)23-20(25)14-27-22(26)13-12-21-24-18-6-4-5-7-19(18)28-21/h4-13,17H,3,14H2,1-2H3,(H,23,25)/b13-12+/t17-/m0/s1. The summed E-state index contributed by atoms with van der Waals surface area (Å²) in [4.78, 5) is 28.4. The summed E-state index contributed by atoms with van der Waals surface area (Å²) in [5.41, 5.74) is 3.09. The zero-order chi connectivity index (χ0) is 19.9. The van der Waals surface area contributed by atoms with Crippen molar-refractivity contribution >= 4 is 39.5 Å². The molecule has 1 aromatic heterocycles. The number of aromatic nitrogens is 1. The van der Waals surface area contributed by atoms with E-state index < -0.39 is 5.97 Å². The Bertz CT molecular complexity index is 959. The van der Waals surface area contributed by atoms with Gasteiger partial charge >= 0.3 is 5.97 Å². The fourth-order valence-electron chi connectivity index (χ4n) is 2.74. The van der Waals surface area contributed by atoms with Gasteiger partial charge in [0, 0.05) is 6.08 Å². The molecule has 1 amide bonds. The molecule has 1 N–H and O–H groups in total. The van der Waals surface area contributed by atoms with Crippen LogP contribution in [-0.4, -0.2) is 23.5 Å². The Kier molecular flexibility index (Phi) is 6.55. The smallest absolute Gasteiger partial charge is 0.331 e. The van der Waals surface area contributed by atoms with Crippen LogP contribution in [0.25, 0.3) is 16.3 Å².